The number of hydrogen-bond donors (Lipinski definition) is 1. The van der Waals surface area contributed by atoms with Gasteiger partial charge in [0.25, 0.3) is 0 Å². The first kappa shape index (κ1) is 18.0. The highest BCUT2D eigenvalue weighted by Crippen LogP contribution is 2.20. The van der Waals surface area contributed by atoms with Crippen LogP contribution in [0.2, 0.25) is 0 Å². The van der Waals surface area contributed by atoms with Gasteiger partial charge in [0, 0.05) is 48.9 Å². The first-order valence-corrected chi connectivity index (χ1v) is 10.0. The highest BCUT2D eigenvalue weighted by Gasteiger charge is 2.16. The highest BCUT2D eigenvalue weighted by molar-refractivity contribution is 7.09. The second-order valence-corrected chi connectivity index (χ2v) is 7.54. The summed E-state index contributed by atoms with van der Waals surface area (Å²) in [6.07, 6.45) is 2.56. The number of benzene rings is 1. The molecule has 0 spiro atoms. The fourth-order valence-electron chi connectivity index (χ4n) is 3.22. The van der Waals surface area contributed by atoms with Gasteiger partial charge in [-0.05, 0) is 55.1 Å². The number of hydrogen-bond acceptors (Lipinski definition) is 4. The van der Waals surface area contributed by atoms with E-state index in [0.717, 1.165) is 38.3 Å². The standard InChI is InChI=1S/C20H27N3OS/c1-2-11-22-12-14-23(15-13-22)18-7-5-17(6-8-18)21-20(24)10-9-19-4-3-16-25-19/h3-8,16H,2,9-15H2,1H3,(H,21,24). The van der Waals surface area contributed by atoms with Crippen LogP contribution in [0.5, 0.6) is 0 Å². The largest absolute Gasteiger partial charge is 0.369 e. The number of amides is 1. The number of anilines is 2. The summed E-state index contributed by atoms with van der Waals surface area (Å²) in [5.41, 5.74) is 2.12. The summed E-state index contributed by atoms with van der Waals surface area (Å²) in [5.74, 6) is 0.0781. The summed E-state index contributed by atoms with van der Waals surface area (Å²) in [4.78, 5) is 18.3. The molecule has 0 radical (unpaired) electrons. The first-order valence-electron chi connectivity index (χ1n) is 9.14. The molecular formula is C20H27N3OS. The second-order valence-electron chi connectivity index (χ2n) is 6.50. The molecule has 5 heteroatoms. The molecule has 2 heterocycles. The third-order valence-corrected chi connectivity index (χ3v) is 5.54. The molecule has 0 saturated carbocycles. The topological polar surface area (TPSA) is 35.6 Å². The Morgan fingerprint density at radius 2 is 1.88 bits per heavy atom. The first-order chi connectivity index (χ1) is 12.2. The predicted octanol–water partition coefficient (Wildman–Crippen LogP) is 3.85. The van der Waals surface area contributed by atoms with E-state index in [0.29, 0.717) is 6.42 Å². The molecule has 0 unspecified atom stereocenters. The molecule has 4 nitrogen and oxygen atoms in total. The van der Waals surface area contributed by atoms with Crippen molar-refractivity contribution in [2.24, 2.45) is 0 Å². The number of aryl methyl sites for hydroxylation is 1. The Kier molecular flexibility index (Phi) is 6.48. The van der Waals surface area contributed by atoms with Crippen LogP contribution in [0.15, 0.2) is 41.8 Å². The molecule has 1 aromatic heterocycles. The SMILES string of the molecule is CCCN1CCN(c2ccc(NC(=O)CCc3cccs3)cc2)CC1. The maximum Gasteiger partial charge on any atom is 0.224 e. The van der Waals surface area contributed by atoms with Crippen molar-refractivity contribution < 1.29 is 4.79 Å². The zero-order valence-electron chi connectivity index (χ0n) is 14.9. The van der Waals surface area contributed by atoms with Crippen LogP contribution in [-0.4, -0.2) is 43.5 Å². The van der Waals surface area contributed by atoms with E-state index in [-0.39, 0.29) is 5.91 Å². The van der Waals surface area contributed by atoms with E-state index in [9.17, 15) is 4.79 Å². The molecule has 1 fully saturated rings. The van der Waals surface area contributed by atoms with Gasteiger partial charge < -0.3 is 10.2 Å². The van der Waals surface area contributed by atoms with Gasteiger partial charge in [0.05, 0.1) is 0 Å². The molecule has 3 rings (SSSR count). The van der Waals surface area contributed by atoms with E-state index in [4.69, 9.17) is 0 Å². The Hall–Kier alpha value is -1.85. The van der Waals surface area contributed by atoms with Crippen molar-refractivity contribution in [3.63, 3.8) is 0 Å². The van der Waals surface area contributed by atoms with Gasteiger partial charge in [0.1, 0.15) is 0 Å². The van der Waals surface area contributed by atoms with Crippen molar-refractivity contribution >= 4 is 28.6 Å². The van der Waals surface area contributed by atoms with Gasteiger partial charge in [-0.3, -0.25) is 9.69 Å². The Morgan fingerprint density at radius 3 is 2.52 bits per heavy atom. The van der Waals surface area contributed by atoms with Crippen molar-refractivity contribution in [3.05, 3.63) is 46.7 Å². The molecule has 0 atom stereocenters. The zero-order chi connectivity index (χ0) is 17.5. The third kappa shape index (κ3) is 5.31. The molecule has 25 heavy (non-hydrogen) atoms. The minimum atomic E-state index is 0.0781. The average Bonchev–Trinajstić information content (AvgIpc) is 3.15. The van der Waals surface area contributed by atoms with Crippen LogP contribution < -0.4 is 10.2 Å². The summed E-state index contributed by atoms with van der Waals surface area (Å²) in [5, 5.41) is 5.05. The molecule has 1 aliphatic rings. The average molecular weight is 358 g/mol. The van der Waals surface area contributed by atoms with Crippen molar-refractivity contribution in [2.45, 2.75) is 26.2 Å². The molecular weight excluding hydrogens is 330 g/mol. The lowest BCUT2D eigenvalue weighted by Crippen LogP contribution is -2.46. The van der Waals surface area contributed by atoms with Crippen LogP contribution in [0, 0.1) is 0 Å². The van der Waals surface area contributed by atoms with Crippen molar-refractivity contribution in [1.29, 1.82) is 0 Å². The van der Waals surface area contributed by atoms with Gasteiger partial charge in [0.2, 0.25) is 5.91 Å². The molecule has 1 aromatic carbocycles. The molecule has 2 aromatic rings. The van der Waals surface area contributed by atoms with E-state index in [1.54, 1.807) is 11.3 Å². The van der Waals surface area contributed by atoms with E-state index in [1.807, 2.05) is 23.6 Å². The summed E-state index contributed by atoms with van der Waals surface area (Å²) >= 11 is 1.70. The van der Waals surface area contributed by atoms with Gasteiger partial charge in [-0.15, -0.1) is 11.3 Å². The lowest BCUT2D eigenvalue weighted by atomic mass is 10.2. The lowest BCUT2D eigenvalue weighted by Gasteiger charge is -2.36. The van der Waals surface area contributed by atoms with Crippen LogP contribution in [0.3, 0.4) is 0 Å². The maximum absolute atomic E-state index is 12.1. The summed E-state index contributed by atoms with van der Waals surface area (Å²) in [6, 6.07) is 12.4. The number of rotatable bonds is 7. The van der Waals surface area contributed by atoms with Gasteiger partial charge in [-0.25, -0.2) is 0 Å². The molecule has 1 N–H and O–H groups in total. The quantitative estimate of drug-likeness (QED) is 0.817. The van der Waals surface area contributed by atoms with E-state index in [1.165, 1.54) is 23.5 Å². The fraction of sp³-hybridized carbons (Fsp3) is 0.450. The van der Waals surface area contributed by atoms with Gasteiger partial charge >= 0.3 is 0 Å². The van der Waals surface area contributed by atoms with Gasteiger partial charge in [0.15, 0.2) is 0 Å². The minimum absolute atomic E-state index is 0.0781. The summed E-state index contributed by atoms with van der Waals surface area (Å²) < 4.78 is 0. The molecule has 0 bridgehead atoms. The maximum atomic E-state index is 12.1. The Bertz CT molecular complexity index is 646. The van der Waals surface area contributed by atoms with Crippen molar-refractivity contribution in [3.8, 4) is 0 Å². The van der Waals surface area contributed by atoms with Crippen LogP contribution in [0.25, 0.3) is 0 Å². The zero-order valence-corrected chi connectivity index (χ0v) is 15.7. The lowest BCUT2D eigenvalue weighted by molar-refractivity contribution is -0.116. The Labute approximate surface area is 154 Å². The molecule has 1 saturated heterocycles. The number of thiophene rings is 1. The number of nitrogens with zero attached hydrogens (tertiary/aromatic N) is 2. The van der Waals surface area contributed by atoms with E-state index < -0.39 is 0 Å². The smallest absolute Gasteiger partial charge is 0.224 e. The molecule has 1 aliphatic heterocycles. The Morgan fingerprint density at radius 1 is 1.12 bits per heavy atom. The monoisotopic (exact) mass is 357 g/mol. The van der Waals surface area contributed by atoms with E-state index in [2.05, 4.69) is 40.2 Å². The normalized spacial score (nSPS) is 15.3. The number of nitrogens with one attached hydrogen (secondary N) is 1. The van der Waals surface area contributed by atoms with Crippen molar-refractivity contribution in [1.82, 2.24) is 4.90 Å². The van der Waals surface area contributed by atoms with E-state index >= 15 is 0 Å². The number of piperazine rings is 1. The second kappa shape index (κ2) is 9.02. The van der Waals surface area contributed by atoms with Gasteiger partial charge in [-0.1, -0.05) is 13.0 Å². The van der Waals surface area contributed by atoms with Crippen molar-refractivity contribution in [2.75, 3.05) is 42.9 Å². The molecule has 1 amide bonds. The van der Waals surface area contributed by atoms with Gasteiger partial charge in [-0.2, -0.15) is 0 Å². The Balaban J connectivity index is 1.46. The molecule has 134 valence electrons. The summed E-state index contributed by atoms with van der Waals surface area (Å²) in [7, 11) is 0. The number of carbonyl (C=O) groups is 1. The fourth-order valence-corrected chi connectivity index (χ4v) is 3.93. The van der Waals surface area contributed by atoms with Crippen LogP contribution in [0.4, 0.5) is 11.4 Å². The number of carbonyl (C=O) groups excluding carboxylic acids is 1. The van der Waals surface area contributed by atoms with Crippen LogP contribution >= 0.6 is 11.3 Å². The summed E-state index contributed by atoms with van der Waals surface area (Å²) in [6.45, 7) is 7.85. The molecule has 0 aliphatic carbocycles. The minimum Gasteiger partial charge on any atom is -0.369 e. The highest BCUT2D eigenvalue weighted by atomic mass is 32.1. The van der Waals surface area contributed by atoms with Crippen LogP contribution in [-0.2, 0) is 11.2 Å². The van der Waals surface area contributed by atoms with Crippen LogP contribution in [0.1, 0.15) is 24.6 Å². The third-order valence-electron chi connectivity index (χ3n) is 4.61. The predicted molar refractivity (Wildman–Crippen MR) is 107 cm³/mol.